The molecule has 3 rings (SSSR count). The number of aliphatic hydroxyl groups is 1. The van der Waals surface area contributed by atoms with Gasteiger partial charge in [0.05, 0.1) is 27.8 Å². The summed E-state index contributed by atoms with van der Waals surface area (Å²) in [6.07, 6.45) is 0.198. The minimum Gasteiger partial charge on any atom is -0.390 e. The van der Waals surface area contributed by atoms with Gasteiger partial charge < -0.3 is 10.4 Å². The SMILES string of the molecule is O=C(NC1CCC(Cn2cc(Cl)c(CO)n2)CC1)c1cc(C(F)(F)F)ccc1Cl. The second-order valence-electron chi connectivity index (χ2n) is 7.19. The van der Waals surface area contributed by atoms with Gasteiger partial charge in [0, 0.05) is 18.8 Å². The highest BCUT2D eigenvalue weighted by Gasteiger charge is 2.32. The van der Waals surface area contributed by atoms with Crippen LogP contribution in [0.4, 0.5) is 13.2 Å². The van der Waals surface area contributed by atoms with Crippen molar-refractivity contribution in [2.75, 3.05) is 0 Å². The molecule has 158 valence electrons. The summed E-state index contributed by atoms with van der Waals surface area (Å²) in [5.41, 5.74) is -0.646. The fourth-order valence-corrected chi connectivity index (χ4v) is 3.94. The lowest BCUT2D eigenvalue weighted by atomic mass is 9.86. The number of alkyl halides is 3. The number of hydrogen-bond acceptors (Lipinski definition) is 3. The molecule has 0 aliphatic heterocycles. The van der Waals surface area contributed by atoms with E-state index in [0.29, 0.717) is 36.0 Å². The number of carbonyl (C=O) groups is 1. The zero-order chi connectivity index (χ0) is 21.2. The van der Waals surface area contributed by atoms with Gasteiger partial charge in [0.25, 0.3) is 5.91 Å². The molecule has 0 saturated heterocycles. The maximum Gasteiger partial charge on any atom is 0.416 e. The summed E-state index contributed by atoms with van der Waals surface area (Å²) in [4.78, 5) is 12.4. The number of rotatable bonds is 5. The molecule has 1 saturated carbocycles. The van der Waals surface area contributed by atoms with Crippen molar-refractivity contribution in [3.05, 3.63) is 51.3 Å². The number of halogens is 5. The summed E-state index contributed by atoms with van der Waals surface area (Å²) in [7, 11) is 0. The van der Waals surface area contributed by atoms with Crippen molar-refractivity contribution < 1.29 is 23.1 Å². The molecule has 5 nitrogen and oxygen atoms in total. The summed E-state index contributed by atoms with van der Waals surface area (Å²) in [5.74, 6) is -0.265. The average Bonchev–Trinajstić information content (AvgIpc) is 3.02. The smallest absolute Gasteiger partial charge is 0.390 e. The van der Waals surface area contributed by atoms with Crippen LogP contribution in [0.1, 0.15) is 47.3 Å². The highest BCUT2D eigenvalue weighted by atomic mass is 35.5. The van der Waals surface area contributed by atoms with Crippen LogP contribution in [0.25, 0.3) is 0 Å². The maximum atomic E-state index is 12.9. The molecule has 0 atom stereocenters. The molecule has 1 fully saturated rings. The number of aliphatic hydroxyl groups excluding tert-OH is 1. The molecule has 1 heterocycles. The van der Waals surface area contributed by atoms with E-state index in [0.717, 1.165) is 31.0 Å². The average molecular weight is 450 g/mol. The van der Waals surface area contributed by atoms with Crippen LogP contribution in [0.2, 0.25) is 10.0 Å². The number of benzene rings is 1. The van der Waals surface area contributed by atoms with Gasteiger partial charge in [-0.2, -0.15) is 18.3 Å². The van der Waals surface area contributed by atoms with Crippen molar-refractivity contribution in [2.45, 2.75) is 51.1 Å². The van der Waals surface area contributed by atoms with Crippen LogP contribution in [-0.2, 0) is 19.3 Å². The summed E-state index contributed by atoms with van der Waals surface area (Å²) in [5, 5.41) is 16.6. The Morgan fingerprint density at radius 2 is 1.90 bits per heavy atom. The molecule has 1 aromatic carbocycles. The first-order chi connectivity index (χ1) is 13.7. The van der Waals surface area contributed by atoms with Crippen molar-refractivity contribution in [3.63, 3.8) is 0 Å². The third-order valence-corrected chi connectivity index (χ3v) is 5.75. The van der Waals surface area contributed by atoms with Crippen LogP contribution in [0.3, 0.4) is 0 Å². The van der Waals surface area contributed by atoms with Gasteiger partial charge in [-0.25, -0.2) is 0 Å². The van der Waals surface area contributed by atoms with Crippen LogP contribution in [0.15, 0.2) is 24.4 Å². The number of nitrogens with one attached hydrogen (secondary N) is 1. The molecule has 10 heteroatoms. The molecule has 1 aromatic heterocycles. The van der Waals surface area contributed by atoms with E-state index < -0.39 is 17.6 Å². The predicted octanol–water partition coefficient (Wildman–Crippen LogP) is 4.69. The summed E-state index contributed by atoms with van der Waals surface area (Å²) in [6.45, 7) is 0.433. The maximum absolute atomic E-state index is 12.9. The molecular formula is C19H20Cl2F3N3O2. The van der Waals surface area contributed by atoms with Crippen molar-refractivity contribution in [1.82, 2.24) is 15.1 Å². The Kier molecular flexibility index (Phi) is 6.76. The molecule has 1 aliphatic carbocycles. The molecule has 29 heavy (non-hydrogen) atoms. The number of amides is 1. The van der Waals surface area contributed by atoms with Crippen LogP contribution in [0, 0.1) is 5.92 Å². The second-order valence-corrected chi connectivity index (χ2v) is 8.00. The number of aromatic nitrogens is 2. The van der Waals surface area contributed by atoms with Gasteiger partial charge in [0.1, 0.15) is 5.69 Å². The van der Waals surface area contributed by atoms with Crippen LogP contribution in [0.5, 0.6) is 0 Å². The fourth-order valence-electron chi connectivity index (χ4n) is 3.53. The Morgan fingerprint density at radius 3 is 2.48 bits per heavy atom. The normalized spacial score (nSPS) is 19.9. The monoisotopic (exact) mass is 449 g/mol. The van der Waals surface area contributed by atoms with Crippen LogP contribution < -0.4 is 5.32 Å². The van der Waals surface area contributed by atoms with Crippen molar-refractivity contribution in [3.8, 4) is 0 Å². The third-order valence-electron chi connectivity index (χ3n) is 5.10. The lowest BCUT2D eigenvalue weighted by molar-refractivity contribution is -0.137. The van der Waals surface area contributed by atoms with Crippen molar-refractivity contribution >= 4 is 29.1 Å². The van der Waals surface area contributed by atoms with E-state index in [1.54, 1.807) is 10.9 Å². The van der Waals surface area contributed by atoms with Crippen LogP contribution >= 0.6 is 23.2 Å². The predicted molar refractivity (Wildman–Crippen MR) is 103 cm³/mol. The van der Waals surface area contributed by atoms with Crippen LogP contribution in [-0.4, -0.2) is 26.8 Å². The number of carbonyl (C=O) groups excluding carboxylic acids is 1. The molecule has 0 radical (unpaired) electrons. The van der Waals surface area contributed by atoms with E-state index >= 15 is 0 Å². The minimum atomic E-state index is -4.54. The molecular weight excluding hydrogens is 430 g/mol. The Bertz CT molecular complexity index is 878. The first-order valence-corrected chi connectivity index (χ1v) is 9.93. The van der Waals surface area contributed by atoms with Gasteiger partial charge in [0.2, 0.25) is 0 Å². The number of nitrogens with zero attached hydrogens (tertiary/aromatic N) is 2. The van der Waals surface area contributed by atoms with E-state index in [1.165, 1.54) is 0 Å². The van der Waals surface area contributed by atoms with E-state index in [2.05, 4.69) is 10.4 Å². The van der Waals surface area contributed by atoms with Gasteiger partial charge in [-0.15, -0.1) is 0 Å². The second kappa shape index (κ2) is 8.93. The van der Waals surface area contributed by atoms with E-state index in [4.69, 9.17) is 28.3 Å². The highest BCUT2D eigenvalue weighted by molar-refractivity contribution is 6.33. The summed E-state index contributed by atoms with van der Waals surface area (Å²) < 4.78 is 40.4. The van der Waals surface area contributed by atoms with Crippen molar-refractivity contribution in [1.29, 1.82) is 0 Å². The van der Waals surface area contributed by atoms with Crippen molar-refractivity contribution in [2.24, 2.45) is 5.92 Å². The van der Waals surface area contributed by atoms with Gasteiger partial charge in [0.15, 0.2) is 0 Å². The zero-order valence-corrected chi connectivity index (χ0v) is 16.9. The molecule has 2 aromatic rings. The Labute approximate surface area is 175 Å². The third kappa shape index (κ3) is 5.43. The molecule has 1 amide bonds. The minimum absolute atomic E-state index is 0.0144. The van der Waals surface area contributed by atoms with E-state index in [1.807, 2.05) is 0 Å². The van der Waals surface area contributed by atoms with E-state index in [-0.39, 0.29) is 23.2 Å². The molecule has 0 spiro atoms. The zero-order valence-electron chi connectivity index (χ0n) is 15.3. The first kappa shape index (κ1) is 21.9. The van der Waals surface area contributed by atoms with Gasteiger partial charge in [-0.3, -0.25) is 9.48 Å². The topological polar surface area (TPSA) is 67.2 Å². The van der Waals surface area contributed by atoms with E-state index in [9.17, 15) is 18.0 Å². The Balaban J connectivity index is 1.56. The molecule has 0 unspecified atom stereocenters. The number of hydrogen-bond donors (Lipinski definition) is 2. The Morgan fingerprint density at radius 1 is 1.21 bits per heavy atom. The first-order valence-electron chi connectivity index (χ1n) is 9.17. The standard InChI is InChI=1S/C19H20Cl2F3N3O2/c20-15-6-3-12(19(22,23)24)7-14(15)18(29)25-13-4-1-11(2-5-13)8-27-9-16(21)17(10-28)26-27/h3,6-7,9,11,13,28H,1-2,4-5,8,10H2,(H,25,29). The Hall–Kier alpha value is -1.77. The lowest BCUT2D eigenvalue weighted by Crippen LogP contribution is -2.38. The fraction of sp³-hybridized carbons (Fsp3) is 0.474. The summed E-state index contributed by atoms with van der Waals surface area (Å²) in [6, 6.07) is 2.60. The van der Waals surface area contributed by atoms with Gasteiger partial charge in [-0.1, -0.05) is 23.2 Å². The summed E-state index contributed by atoms with van der Waals surface area (Å²) >= 11 is 11.9. The molecule has 0 bridgehead atoms. The van der Waals surface area contributed by atoms with Gasteiger partial charge >= 0.3 is 6.18 Å². The molecule has 2 N–H and O–H groups in total. The highest BCUT2D eigenvalue weighted by Crippen LogP contribution is 2.32. The lowest BCUT2D eigenvalue weighted by Gasteiger charge is -2.29. The molecule has 1 aliphatic rings. The largest absolute Gasteiger partial charge is 0.416 e. The quantitative estimate of drug-likeness (QED) is 0.695. The van der Waals surface area contributed by atoms with Gasteiger partial charge in [-0.05, 0) is 49.8 Å².